The molecule has 1 fully saturated rings. The largest absolute Gasteiger partial charge is 0.489 e. The zero-order valence-electron chi connectivity index (χ0n) is 26.1. The van der Waals surface area contributed by atoms with Gasteiger partial charge in [0, 0.05) is 26.1 Å². The normalized spacial score (nSPS) is 16.2. The quantitative estimate of drug-likeness (QED) is 0.262. The van der Waals surface area contributed by atoms with Gasteiger partial charge in [0.1, 0.15) is 18.4 Å². The second-order valence-electron chi connectivity index (χ2n) is 12.1. The number of likely N-dealkylation sites (N-methyl/N-ethyl adjacent to an activating group) is 1. The number of hydrogen-bond donors (Lipinski definition) is 3. The summed E-state index contributed by atoms with van der Waals surface area (Å²) in [6, 6.07) is 16.7. The standard InChI is InChI=1S/C34H52N4O4/c1-26(2)23-32(37(4)21-17-27(3)39)34(41)36-31(33(40)35-18-22-38-19-9-6-10-20-38)24-28-13-15-30(16-14-28)42-25-29-11-7-5-8-12-29/h5,7-8,11-16,26-27,31-32,39H,6,9-10,17-25H2,1-4H3,(H,35,40)(H,36,41)/t27-,31?,32+/m1/s1. The number of hydrogen-bond acceptors (Lipinski definition) is 6. The second-order valence-corrected chi connectivity index (χ2v) is 12.1. The van der Waals surface area contributed by atoms with Gasteiger partial charge in [-0.1, -0.05) is 62.7 Å². The highest BCUT2D eigenvalue weighted by Gasteiger charge is 2.29. The van der Waals surface area contributed by atoms with Crippen LogP contribution in [0.3, 0.4) is 0 Å². The molecule has 42 heavy (non-hydrogen) atoms. The van der Waals surface area contributed by atoms with Crippen LogP contribution in [0.4, 0.5) is 0 Å². The van der Waals surface area contributed by atoms with Crippen molar-refractivity contribution in [3.8, 4) is 5.75 Å². The van der Waals surface area contributed by atoms with Crippen molar-refractivity contribution >= 4 is 11.8 Å². The van der Waals surface area contributed by atoms with Gasteiger partial charge in [-0.3, -0.25) is 14.5 Å². The Bertz CT molecular complexity index is 1050. The zero-order chi connectivity index (χ0) is 30.3. The first-order chi connectivity index (χ1) is 20.2. The van der Waals surface area contributed by atoms with Gasteiger partial charge in [0.2, 0.25) is 11.8 Å². The Balaban J connectivity index is 1.67. The van der Waals surface area contributed by atoms with Gasteiger partial charge in [0.15, 0.2) is 0 Å². The van der Waals surface area contributed by atoms with Gasteiger partial charge < -0.3 is 25.4 Å². The number of carbonyl (C=O) groups excluding carboxylic acids is 2. The third kappa shape index (κ3) is 12.1. The van der Waals surface area contributed by atoms with Gasteiger partial charge in [0.25, 0.3) is 0 Å². The maximum atomic E-state index is 13.6. The van der Waals surface area contributed by atoms with Gasteiger partial charge in [0.05, 0.1) is 12.1 Å². The minimum Gasteiger partial charge on any atom is -0.489 e. The summed E-state index contributed by atoms with van der Waals surface area (Å²) in [4.78, 5) is 31.5. The summed E-state index contributed by atoms with van der Waals surface area (Å²) >= 11 is 0. The van der Waals surface area contributed by atoms with E-state index in [1.807, 2.05) is 66.5 Å². The van der Waals surface area contributed by atoms with Crippen molar-refractivity contribution in [2.24, 2.45) is 5.92 Å². The summed E-state index contributed by atoms with van der Waals surface area (Å²) < 4.78 is 5.93. The van der Waals surface area contributed by atoms with Crippen LogP contribution in [0.2, 0.25) is 0 Å². The molecule has 2 aromatic rings. The molecule has 0 aromatic heterocycles. The minimum atomic E-state index is -0.699. The Hall–Kier alpha value is -2.94. The van der Waals surface area contributed by atoms with Crippen molar-refractivity contribution in [3.05, 3.63) is 65.7 Å². The molecule has 8 nitrogen and oxygen atoms in total. The number of ether oxygens (including phenoxy) is 1. The predicted molar refractivity (Wildman–Crippen MR) is 168 cm³/mol. The summed E-state index contributed by atoms with van der Waals surface area (Å²) in [5.74, 6) is 0.733. The van der Waals surface area contributed by atoms with E-state index in [-0.39, 0.29) is 17.9 Å². The molecule has 1 saturated heterocycles. The van der Waals surface area contributed by atoms with Gasteiger partial charge in [-0.05, 0) is 81.9 Å². The molecule has 8 heteroatoms. The molecule has 1 heterocycles. The third-order valence-electron chi connectivity index (χ3n) is 7.85. The lowest BCUT2D eigenvalue weighted by Crippen LogP contribution is -2.55. The molecule has 0 saturated carbocycles. The molecular formula is C34H52N4O4. The van der Waals surface area contributed by atoms with Crippen molar-refractivity contribution in [2.75, 3.05) is 39.8 Å². The Morgan fingerprint density at radius 3 is 2.29 bits per heavy atom. The lowest BCUT2D eigenvalue weighted by molar-refractivity contribution is -0.132. The van der Waals surface area contributed by atoms with E-state index < -0.39 is 12.1 Å². The molecule has 1 aliphatic rings. The van der Waals surface area contributed by atoms with Gasteiger partial charge >= 0.3 is 0 Å². The Kier molecular flexibility index (Phi) is 14.3. The topological polar surface area (TPSA) is 94.1 Å². The van der Waals surface area contributed by atoms with Gasteiger partial charge in [-0.15, -0.1) is 0 Å². The number of nitrogens with zero attached hydrogens (tertiary/aromatic N) is 2. The molecule has 3 N–H and O–H groups in total. The first-order valence-electron chi connectivity index (χ1n) is 15.7. The number of benzene rings is 2. The van der Waals surface area contributed by atoms with Crippen LogP contribution in [0.15, 0.2) is 54.6 Å². The van der Waals surface area contributed by atoms with Crippen LogP contribution in [-0.4, -0.2) is 84.7 Å². The molecule has 232 valence electrons. The van der Waals surface area contributed by atoms with Crippen molar-refractivity contribution in [1.82, 2.24) is 20.4 Å². The van der Waals surface area contributed by atoms with E-state index in [4.69, 9.17) is 4.74 Å². The first kappa shape index (κ1) is 33.6. The SMILES string of the molecule is CC(C)C[C@@H](C(=O)NC(Cc1ccc(OCc2ccccc2)cc1)C(=O)NCCN1CCCCC1)N(C)CC[C@@H](C)O. The van der Waals surface area contributed by atoms with Crippen molar-refractivity contribution in [2.45, 2.75) is 84.1 Å². The van der Waals surface area contributed by atoms with E-state index in [0.29, 0.717) is 44.9 Å². The van der Waals surface area contributed by atoms with Crippen LogP contribution in [0.5, 0.6) is 5.75 Å². The van der Waals surface area contributed by atoms with E-state index in [0.717, 1.165) is 36.5 Å². The molecule has 0 radical (unpaired) electrons. The van der Waals surface area contributed by atoms with Gasteiger partial charge in [-0.2, -0.15) is 0 Å². The molecule has 0 spiro atoms. The molecule has 2 aromatic carbocycles. The average molecular weight is 581 g/mol. The number of piperidine rings is 1. The van der Waals surface area contributed by atoms with Crippen LogP contribution in [0.25, 0.3) is 0 Å². The minimum absolute atomic E-state index is 0.157. The van der Waals surface area contributed by atoms with Crippen molar-refractivity contribution in [1.29, 1.82) is 0 Å². The highest BCUT2D eigenvalue weighted by atomic mass is 16.5. The number of rotatable bonds is 17. The molecule has 3 rings (SSSR count). The molecule has 0 bridgehead atoms. The maximum absolute atomic E-state index is 13.6. The highest BCUT2D eigenvalue weighted by Crippen LogP contribution is 2.17. The molecule has 2 amide bonds. The number of likely N-dealkylation sites (tertiary alicyclic amines) is 1. The molecule has 0 aliphatic carbocycles. The second kappa shape index (κ2) is 17.9. The van der Waals surface area contributed by atoms with E-state index in [1.54, 1.807) is 6.92 Å². The summed E-state index contributed by atoms with van der Waals surface area (Å²) in [5, 5.41) is 16.0. The fourth-order valence-electron chi connectivity index (χ4n) is 5.30. The lowest BCUT2D eigenvalue weighted by atomic mass is 10.00. The Morgan fingerprint density at radius 1 is 0.952 bits per heavy atom. The molecule has 3 atom stereocenters. The van der Waals surface area contributed by atoms with Crippen molar-refractivity contribution < 1.29 is 19.4 Å². The maximum Gasteiger partial charge on any atom is 0.242 e. The van der Waals surface area contributed by atoms with Crippen molar-refractivity contribution in [3.63, 3.8) is 0 Å². The molecule has 1 unspecified atom stereocenters. The number of amides is 2. The summed E-state index contributed by atoms with van der Waals surface area (Å²) in [7, 11) is 1.91. The van der Waals surface area contributed by atoms with E-state index in [9.17, 15) is 14.7 Å². The Labute approximate surface area is 252 Å². The molecule has 1 aliphatic heterocycles. The summed E-state index contributed by atoms with van der Waals surface area (Å²) in [6.07, 6.45) is 4.88. The fourth-order valence-corrected chi connectivity index (χ4v) is 5.30. The van der Waals surface area contributed by atoms with E-state index in [1.165, 1.54) is 19.3 Å². The lowest BCUT2D eigenvalue weighted by Gasteiger charge is -2.31. The van der Waals surface area contributed by atoms with Gasteiger partial charge in [-0.25, -0.2) is 0 Å². The monoisotopic (exact) mass is 580 g/mol. The Morgan fingerprint density at radius 2 is 1.64 bits per heavy atom. The zero-order valence-corrected chi connectivity index (χ0v) is 26.1. The smallest absolute Gasteiger partial charge is 0.242 e. The summed E-state index contributed by atoms with van der Waals surface area (Å²) in [5.41, 5.74) is 2.04. The van der Waals surface area contributed by atoms with Crippen LogP contribution in [-0.2, 0) is 22.6 Å². The van der Waals surface area contributed by atoms with Crippen LogP contribution in [0, 0.1) is 5.92 Å². The fraction of sp³-hybridized carbons (Fsp3) is 0.588. The highest BCUT2D eigenvalue weighted by molar-refractivity contribution is 5.90. The molecular weight excluding hydrogens is 528 g/mol. The number of carbonyl (C=O) groups is 2. The number of nitrogens with one attached hydrogen (secondary N) is 2. The average Bonchev–Trinajstić information content (AvgIpc) is 2.98. The number of aliphatic hydroxyl groups is 1. The predicted octanol–water partition coefficient (Wildman–Crippen LogP) is 4.01. The van der Waals surface area contributed by atoms with Crippen LogP contribution in [0.1, 0.15) is 64.0 Å². The van der Waals surface area contributed by atoms with E-state index in [2.05, 4.69) is 29.4 Å². The summed E-state index contributed by atoms with van der Waals surface area (Å²) in [6.45, 7) is 10.5. The first-order valence-corrected chi connectivity index (χ1v) is 15.7. The van der Waals surface area contributed by atoms with E-state index >= 15 is 0 Å². The third-order valence-corrected chi connectivity index (χ3v) is 7.85. The van der Waals surface area contributed by atoms with Crippen LogP contribution >= 0.6 is 0 Å². The van der Waals surface area contributed by atoms with Crippen LogP contribution < -0.4 is 15.4 Å². The number of aliphatic hydroxyl groups excluding tert-OH is 1.